The third-order valence-corrected chi connectivity index (χ3v) is 7.04. The average molecular weight is 291 g/mol. The normalized spacial score (nSPS) is 48.7. The van der Waals surface area contributed by atoms with Gasteiger partial charge in [-0.3, -0.25) is 4.79 Å². The van der Waals surface area contributed by atoms with E-state index in [1.807, 2.05) is 0 Å². The maximum atomic E-state index is 13.1. The molecule has 4 bridgehead atoms. The minimum atomic E-state index is -0.197. The molecule has 1 amide bonds. The number of piperidine rings is 1. The molecule has 118 valence electrons. The Morgan fingerprint density at radius 3 is 2.29 bits per heavy atom. The number of likely N-dealkylation sites (tertiary alicyclic amines) is 1. The van der Waals surface area contributed by atoms with Crippen molar-refractivity contribution in [2.24, 2.45) is 35.5 Å². The number of nitrogens with zero attached hydrogens (tertiary/aromatic N) is 1. The Kier molecular flexibility index (Phi) is 3.52. The molecule has 1 saturated heterocycles. The van der Waals surface area contributed by atoms with E-state index in [1.165, 1.54) is 32.1 Å². The number of rotatable bonds is 2. The van der Waals surface area contributed by atoms with Gasteiger partial charge in [-0.2, -0.15) is 0 Å². The van der Waals surface area contributed by atoms with Crippen LogP contribution in [0.15, 0.2) is 0 Å². The molecule has 0 radical (unpaired) electrons. The maximum Gasteiger partial charge on any atom is 0.226 e. The van der Waals surface area contributed by atoms with Gasteiger partial charge in [0.15, 0.2) is 0 Å². The van der Waals surface area contributed by atoms with Crippen LogP contribution in [0.5, 0.6) is 0 Å². The summed E-state index contributed by atoms with van der Waals surface area (Å²) in [5, 5.41) is 10.0. The Hall–Kier alpha value is -0.570. The van der Waals surface area contributed by atoms with Crippen molar-refractivity contribution in [1.29, 1.82) is 0 Å². The fraction of sp³-hybridized carbons (Fsp3) is 0.944. The lowest BCUT2D eigenvalue weighted by Crippen LogP contribution is -2.54. The minimum absolute atomic E-state index is 0.197. The molecule has 1 aliphatic heterocycles. The van der Waals surface area contributed by atoms with Gasteiger partial charge in [0.25, 0.3) is 0 Å². The second kappa shape index (κ2) is 5.26. The molecule has 5 aliphatic rings. The van der Waals surface area contributed by atoms with Crippen LogP contribution in [0.4, 0.5) is 0 Å². The summed E-state index contributed by atoms with van der Waals surface area (Å²) in [6.07, 6.45) is 8.27. The van der Waals surface area contributed by atoms with Crippen LogP contribution in [0.25, 0.3) is 0 Å². The molecule has 4 saturated carbocycles. The Labute approximate surface area is 128 Å². The molecule has 2 unspecified atom stereocenters. The van der Waals surface area contributed by atoms with E-state index in [0.29, 0.717) is 29.6 Å². The van der Waals surface area contributed by atoms with Gasteiger partial charge >= 0.3 is 0 Å². The van der Waals surface area contributed by atoms with Crippen molar-refractivity contribution in [2.45, 2.75) is 58.0 Å². The third-order valence-electron chi connectivity index (χ3n) is 7.04. The summed E-state index contributed by atoms with van der Waals surface area (Å²) in [6, 6.07) is 0. The van der Waals surface area contributed by atoms with Gasteiger partial charge in [0.1, 0.15) is 0 Å². The van der Waals surface area contributed by atoms with Gasteiger partial charge in [-0.05, 0) is 68.6 Å². The quantitative estimate of drug-likeness (QED) is 0.850. The third kappa shape index (κ3) is 2.32. The summed E-state index contributed by atoms with van der Waals surface area (Å²) < 4.78 is 0. The first-order valence-corrected chi connectivity index (χ1v) is 9.12. The lowest BCUT2D eigenvalue weighted by Gasteiger charge is -2.54. The number of hydrogen-bond acceptors (Lipinski definition) is 2. The van der Waals surface area contributed by atoms with Crippen LogP contribution in [-0.4, -0.2) is 35.1 Å². The van der Waals surface area contributed by atoms with E-state index >= 15 is 0 Å². The van der Waals surface area contributed by atoms with E-state index in [9.17, 15) is 9.90 Å². The second-order valence-electron chi connectivity index (χ2n) is 8.27. The van der Waals surface area contributed by atoms with Crippen molar-refractivity contribution in [3.63, 3.8) is 0 Å². The van der Waals surface area contributed by atoms with Crippen LogP contribution in [0.2, 0.25) is 0 Å². The van der Waals surface area contributed by atoms with Crippen molar-refractivity contribution in [3.05, 3.63) is 0 Å². The molecule has 5 fully saturated rings. The minimum Gasteiger partial charge on any atom is -0.393 e. The summed E-state index contributed by atoms with van der Waals surface area (Å²) in [4.78, 5) is 15.2. The number of aliphatic hydroxyl groups is 1. The zero-order valence-electron chi connectivity index (χ0n) is 13.2. The zero-order chi connectivity index (χ0) is 14.6. The molecule has 2 atom stereocenters. The van der Waals surface area contributed by atoms with Gasteiger partial charge in [0, 0.05) is 24.9 Å². The average Bonchev–Trinajstić information content (AvgIpc) is 2.46. The van der Waals surface area contributed by atoms with Crippen molar-refractivity contribution >= 4 is 5.91 Å². The van der Waals surface area contributed by atoms with E-state index < -0.39 is 0 Å². The van der Waals surface area contributed by atoms with Crippen LogP contribution in [0.1, 0.15) is 51.9 Å². The van der Waals surface area contributed by atoms with Crippen LogP contribution >= 0.6 is 0 Å². The molecule has 0 aromatic carbocycles. The van der Waals surface area contributed by atoms with Gasteiger partial charge < -0.3 is 10.0 Å². The van der Waals surface area contributed by atoms with Gasteiger partial charge in [0.2, 0.25) is 5.91 Å². The highest BCUT2D eigenvalue weighted by Crippen LogP contribution is 2.57. The topological polar surface area (TPSA) is 40.5 Å². The van der Waals surface area contributed by atoms with Crippen molar-refractivity contribution in [3.8, 4) is 0 Å². The predicted octanol–water partition coefficient (Wildman–Crippen LogP) is 2.68. The van der Waals surface area contributed by atoms with Crippen LogP contribution in [0, 0.1) is 35.5 Å². The molecular weight excluding hydrogens is 262 g/mol. The fourth-order valence-electron chi connectivity index (χ4n) is 6.16. The van der Waals surface area contributed by atoms with E-state index in [4.69, 9.17) is 0 Å². The summed E-state index contributed by atoms with van der Waals surface area (Å²) >= 11 is 0. The highest BCUT2D eigenvalue weighted by Gasteiger charge is 2.51. The first kappa shape index (κ1) is 14.0. The molecule has 3 heteroatoms. The van der Waals surface area contributed by atoms with Crippen molar-refractivity contribution < 1.29 is 9.90 Å². The smallest absolute Gasteiger partial charge is 0.226 e. The summed E-state index contributed by atoms with van der Waals surface area (Å²) in [7, 11) is 0. The fourth-order valence-corrected chi connectivity index (χ4v) is 6.16. The van der Waals surface area contributed by atoms with Crippen molar-refractivity contribution in [1.82, 2.24) is 4.90 Å². The number of aliphatic hydroxyl groups excluding tert-OH is 1. The van der Waals surface area contributed by atoms with Gasteiger partial charge in [0.05, 0.1) is 6.10 Å². The van der Waals surface area contributed by atoms with Gasteiger partial charge in [-0.1, -0.05) is 6.92 Å². The molecule has 5 rings (SSSR count). The Morgan fingerprint density at radius 1 is 1.10 bits per heavy atom. The molecule has 1 N–H and O–H groups in total. The highest BCUT2D eigenvalue weighted by molar-refractivity contribution is 5.80. The van der Waals surface area contributed by atoms with Crippen LogP contribution < -0.4 is 0 Å². The Balaban J connectivity index is 1.47. The first-order chi connectivity index (χ1) is 10.2. The molecule has 1 heterocycles. The second-order valence-corrected chi connectivity index (χ2v) is 8.27. The molecule has 4 aliphatic carbocycles. The summed E-state index contributed by atoms with van der Waals surface area (Å²) in [5.74, 6) is 4.28. The van der Waals surface area contributed by atoms with Crippen LogP contribution in [-0.2, 0) is 4.79 Å². The number of amides is 1. The number of hydrogen-bond donors (Lipinski definition) is 1. The Morgan fingerprint density at radius 2 is 1.71 bits per heavy atom. The largest absolute Gasteiger partial charge is 0.393 e. The molecule has 3 nitrogen and oxygen atoms in total. The SMILES string of the molecule is CCC1CN(C(=O)C2C3CC4CC(C3)CC2C4)CCC1O. The first-order valence-electron chi connectivity index (χ1n) is 9.12. The zero-order valence-corrected chi connectivity index (χ0v) is 13.2. The molecule has 0 aromatic rings. The van der Waals surface area contributed by atoms with E-state index in [2.05, 4.69) is 11.8 Å². The number of carbonyl (C=O) groups is 1. The standard InChI is InChI=1S/C18H29NO2/c1-2-13-10-19(4-3-16(13)20)18(21)17-14-6-11-5-12(8-14)9-15(17)7-11/h11-17,20H,2-10H2,1H3. The van der Waals surface area contributed by atoms with E-state index in [1.54, 1.807) is 0 Å². The lowest BCUT2D eigenvalue weighted by molar-refractivity contribution is -0.152. The summed E-state index contributed by atoms with van der Waals surface area (Å²) in [6.45, 7) is 3.70. The molecular formula is C18H29NO2. The molecule has 0 spiro atoms. The monoisotopic (exact) mass is 291 g/mol. The van der Waals surface area contributed by atoms with Gasteiger partial charge in [-0.15, -0.1) is 0 Å². The van der Waals surface area contributed by atoms with Crippen LogP contribution in [0.3, 0.4) is 0 Å². The lowest BCUT2D eigenvalue weighted by atomic mass is 9.51. The van der Waals surface area contributed by atoms with Crippen molar-refractivity contribution in [2.75, 3.05) is 13.1 Å². The summed E-state index contributed by atoms with van der Waals surface area (Å²) in [5.41, 5.74) is 0. The van der Waals surface area contributed by atoms with E-state index in [-0.39, 0.29) is 6.10 Å². The van der Waals surface area contributed by atoms with Gasteiger partial charge in [-0.25, -0.2) is 0 Å². The highest BCUT2D eigenvalue weighted by atomic mass is 16.3. The molecule has 0 aromatic heterocycles. The maximum absolute atomic E-state index is 13.1. The number of carbonyl (C=O) groups excluding carboxylic acids is 1. The predicted molar refractivity (Wildman–Crippen MR) is 81.5 cm³/mol. The Bertz CT molecular complexity index is 393. The van der Waals surface area contributed by atoms with E-state index in [0.717, 1.165) is 37.8 Å². The molecule has 21 heavy (non-hydrogen) atoms.